The van der Waals surface area contributed by atoms with E-state index in [0.29, 0.717) is 0 Å². The zero-order valence-electron chi connectivity index (χ0n) is 17.8. The van der Waals surface area contributed by atoms with Crippen LogP contribution < -0.4 is 15.3 Å². The molecule has 0 spiro atoms. The Morgan fingerprint density at radius 2 is 0.750 bits per heavy atom. The van der Waals surface area contributed by atoms with Gasteiger partial charge in [-0.1, -0.05) is 59.3 Å². The van der Waals surface area contributed by atoms with Crippen molar-refractivity contribution in [1.82, 2.24) is 0 Å². The van der Waals surface area contributed by atoms with Gasteiger partial charge >= 0.3 is 51.4 Å². The first kappa shape index (κ1) is 38.4. The van der Waals surface area contributed by atoms with Crippen molar-refractivity contribution < 1.29 is 69.3 Å². The molecule has 174 valence electrons. The maximum atomic E-state index is 9.76. The van der Waals surface area contributed by atoms with Gasteiger partial charge in [-0.3, -0.25) is 0 Å². The summed E-state index contributed by atoms with van der Waals surface area (Å²) in [6.07, 6.45) is 9.11. The van der Waals surface area contributed by atoms with Gasteiger partial charge in [0.1, 0.15) is 0 Å². The first-order chi connectivity index (χ1) is 12.7. The van der Waals surface area contributed by atoms with Gasteiger partial charge < -0.3 is 29.7 Å². The van der Waals surface area contributed by atoms with Crippen molar-refractivity contribution >= 4 is 17.9 Å². The topological polar surface area (TPSA) is 120 Å². The fourth-order valence-corrected chi connectivity index (χ4v) is 1.56. The van der Waals surface area contributed by atoms with Gasteiger partial charge in [-0.05, 0) is 38.5 Å². The van der Waals surface area contributed by atoms with Crippen molar-refractivity contribution in [3.05, 3.63) is 0 Å². The summed E-state index contributed by atoms with van der Waals surface area (Å²) in [7, 11) is 0. The molecule has 0 aliphatic heterocycles. The number of carboxylic acids is 3. The average molecular weight is 587 g/mol. The van der Waals surface area contributed by atoms with Crippen molar-refractivity contribution in [2.75, 3.05) is 0 Å². The third-order valence-electron chi connectivity index (χ3n) is 2.95. The van der Waals surface area contributed by atoms with Gasteiger partial charge in [-0.15, -0.1) is 0 Å². The Balaban J connectivity index is -0.0000000866. The largest absolute Gasteiger partial charge is 2.00 e. The molecule has 28 heavy (non-hydrogen) atoms. The van der Waals surface area contributed by atoms with E-state index in [2.05, 4.69) is 26.1 Å². The van der Waals surface area contributed by atoms with E-state index in [0.717, 1.165) is 62.7 Å². The number of carbonyl (C=O) groups is 3. The summed E-state index contributed by atoms with van der Waals surface area (Å²) in [6, 6.07) is 0. The fourth-order valence-electron chi connectivity index (χ4n) is 1.56. The maximum Gasteiger partial charge on any atom is 2.00 e. The molecule has 8 heteroatoms. The Bertz CT molecular complexity index is 278. The summed E-state index contributed by atoms with van der Waals surface area (Å²) in [4.78, 5) is 30.4. The minimum Gasteiger partial charge on any atom is 2.00 e. The first-order valence-electron chi connectivity index (χ1n) is 9.84. The van der Waals surface area contributed by atoms with Crippen LogP contribution in [0.15, 0.2) is 0 Å². The molecule has 0 bridgehead atoms. The van der Waals surface area contributed by atoms with Crippen LogP contribution in [0.3, 0.4) is 0 Å². The van der Waals surface area contributed by atoms with Gasteiger partial charge in [0.05, 0.1) is 0 Å². The number of carboxylic acid groups (broad SMARTS) is 3. The van der Waals surface area contributed by atoms with Crippen molar-refractivity contribution in [1.29, 1.82) is 0 Å². The Kier molecular flexibility index (Phi) is 51.3. The Morgan fingerprint density at radius 3 is 0.857 bits per heavy atom. The van der Waals surface area contributed by atoms with Crippen molar-refractivity contribution in [3.63, 3.8) is 0 Å². The van der Waals surface area contributed by atoms with Crippen molar-refractivity contribution in [2.24, 2.45) is 0 Å². The van der Waals surface area contributed by atoms with E-state index in [1.54, 1.807) is 0 Å². The minimum absolute atomic E-state index is 0. The molecule has 0 aliphatic rings. The van der Waals surface area contributed by atoms with E-state index in [1.807, 2.05) is 20.8 Å². The molecular weight excluding hydrogens is 549 g/mol. The number of carbonyl (C=O) groups excluding carboxylic acids is 3. The normalized spacial score (nSPS) is 8.50. The van der Waals surface area contributed by atoms with Gasteiger partial charge in [-0.2, -0.15) is 0 Å². The monoisotopic (exact) mass is 586 g/mol. The molecule has 0 aliphatic carbocycles. The third kappa shape index (κ3) is 72.5. The van der Waals surface area contributed by atoms with E-state index in [1.165, 1.54) is 0 Å². The molecular formula is C20H38O6Pd2. The molecule has 0 aromatic carbocycles. The summed E-state index contributed by atoms with van der Waals surface area (Å²) in [6.45, 7) is 8.17. The second-order valence-electron chi connectivity index (χ2n) is 5.71. The molecule has 0 rings (SSSR count). The predicted molar refractivity (Wildman–Crippen MR) is 97.9 cm³/mol. The number of hydrogen-bond acceptors (Lipinski definition) is 6. The summed E-state index contributed by atoms with van der Waals surface area (Å²) in [5.41, 5.74) is 0. The standard InChI is InChI=1S/3C6H12O2.C2H5.2Pd/c3*1-2-3-4-5-6(7)8;1-2;;/h3*2-5H2,1H3,(H,7,8);1H2,2H3;;/q;;;;+1;+2/p-3. The zero-order valence-corrected chi connectivity index (χ0v) is 20.9. The average Bonchev–Trinajstić information content (AvgIpc) is 2.57. The third-order valence-corrected chi connectivity index (χ3v) is 2.95. The minimum atomic E-state index is -0.932. The fraction of sp³-hybridized carbons (Fsp3) is 0.850. The Morgan fingerprint density at radius 1 is 0.571 bits per heavy atom. The van der Waals surface area contributed by atoms with Crippen molar-refractivity contribution in [2.45, 2.75) is 110 Å². The Hall–Kier alpha value is -0.265. The number of hydrogen-bond donors (Lipinski definition) is 0. The number of rotatable bonds is 12. The molecule has 0 heterocycles. The molecule has 0 saturated carbocycles. The molecule has 0 radical (unpaired) electrons. The van der Waals surface area contributed by atoms with Gasteiger partial charge in [0, 0.05) is 17.9 Å². The second-order valence-corrected chi connectivity index (χ2v) is 6.81. The molecule has 0 amide bonds. The van der Waals surface area contributed by atoms with Crippen LogP contribution in [-0.2, 0) is 54.0 Å². The first-order valence-corrected chi connectivity index (χ1v) is 10.9. The van der Waals surface area contributed by atoms with Crippen LogP contribution in [0.1, 0.15) is 105 Å². The van der Waals surface area contributed by atoms with Crippen molar-refractivity contribution in [3.8, 4) is 0 Å². The van der Waals surface area contributed by atoms with Gasteiger partial charge in [0.15, 0.2) is 0 Å². The van der Waals surface area contributed by atoms with Crippen LogP contribution in [0.5, 0.6) is 0 Å². The molecule has 0 unspecified atom stereocenters. The van der Waals surface area contributed by atoms with E-state index >= 15 is 0 Å². The number of aliphatic carboxylic acids is 3. The molecule has 0 fully saturated rings. The second kappa shape index (κ2) is 37.5. The van der Waals surface area contributed by atoms with Crippen LogP contribution in [0.4, 0.5) is 0 Å². The van der Waals surface area contributed by atoms with Crippen LogP contribution in [0, 0.1) is 0 Å². The summed E-state index contributed by atoms with van der Waals surface area (Å²) in [5.74, 6) is -2.80. The zero-order chi connectivity index (χ0) is 21.9. The molecule has 0 atom stereocenters. The van der Waals surface area contributed by atoms with E-state index < -0.39 is 17.9 Å². The summed E-state index contributed by atoms with van der Waals surface area (Å²) < 4.78 is 0. The number of unbranched alkanes of at least 4 members (excludes halogenated alkanes) is 6. The SMILES string of the molecule is CCCCCC(=O)[O-].CCCCCC(=O)[O-].CCCCCC(=O)[O-].C[CH2][Pd+].[Pd+2]. The quantitative estimate of drug-likeness (QED) is 0.254. The summed E-state index contributed by atoms with van der Waals surface area (Å²) >= 11 is 2.94. The van der Waals surface area contributed by atoms with E-state index in [9.17, 15) is 29.7 Å². The molecule has 6 nitrogen and oxygen atoms in total. The van der Waals surface area contributed by atoms with E-state index in [4.69, 9.17) is 0 Å². The molecule has 0 saturated heterocycles. The summed E-state index contributed by atoms with van der Waals surface area (Å²) in [5, 5.41) is 29.3. The molecule has 0 aromatic rings. The van der Waals surface area contributed by atoms with Crippen LogP contribution >= 0.6 is 0 Å². The predicted octanol–water partition coefficient (Wildman–Crippen LogP) is 1.92. The maximum absolute atomic E-state index is 9.76. The van der Waals surface area contributed by atoms with Crippen LogP contribution in [0.2, 0.25) is 4.89 Å². The molecule has 0 N–H and O–H groups in total. The van der Waals surface area contributed by atoms with E-state index in [-0.39, 0.29) is 39.7 Å². The van der Waals surface area contributed by atoms with Gasteiger partial charge in [0.2, 0.25) is 0 Å². The van der Waals surface area contributed by atoms with Crippen LogP contribution in [0.25, 0.3) is 0 Å². The smallest absolute Gasteiger partial charge is 2.00 e. The van der Waals surface area contributed by atoms with Crippen LogP contribution in [-0.4, -0.2) is 17.9 Å². The van der Waals surface area contributed by atoms with Gasteiger partial charge in [-0.25, -0.2) is 0 Å². The Labute approximate surface area is 196 Å². The molecule has 0 aromatic heterocycles. The van der Waals surface area contributed by atoms with Gasteiger partial charge in [0.25, 0.3) is 0 Å².